The summed E-state index contributed by atoms with van der Waals surface area (Å²) in [7, 11) is 0. The molecule has 1 saturated heterocycles. The summed E-state index contributed by atoms with van der Waals surface area (Å²) in [5, 5.41) is 9.16. The molecule has 1 N–H and O–H groups in total. The fourth-order valence-electron chi connectivity index (χ4n) is 2.37. The minimum Gasteiger partial charge on any atom is -0.478 e. The van der Waals surface area contributed by atoms with E-state index >= 15 is 0 Å². The van der Waals surface area contributed by atoms with Crippen molar-refractivity contribution in [2.75, 3.05) is 4.90 Å². The van der Waals surface area contributed by atoms with Crippen LogP contribution >= 0.6 is 24.0 Å². The highest BCUT2D eigenvalue weighted by molar-refractivity contribution is 8.27. The maximum Gasteiger partial charge on any atom is 0.335 e. The van der Waals surface area contributed by atoms with Gasteiger partial charge >= 0.3 is 5.97 Å². The molecule has 126 valence electrons. The highest BCUT2D eigenvalue weighted by atomic mass is 32.2. The average molecular weight is 373 g/mol. The number of benzene rings is 2. The van der Waals surface area contributed by atoms with Crippen LogP contribution in [0.25, 0.3) is 6.08 Å². The number of amides is 1. The fourth-order valence-corrected chi connectivity index (χ4v) is 3.65. The number of aromatic carboxylic acids is 1. The topological polar surface area (TPSA) is 57.6 Å². The van der Waals surface area contributed by atoms with Crippen LogP contribution in [0.5, 0.6) is 0 Å². The van der Waals surface area contributed by atoms with Crippen molar-refractivity contribution in [1.29, 1.82) is 0 Å². The standard InChI is InChI=1S/C18H12FNO3S2/c1-10-2-5-12(17(22)23)9-14(10)20-16(21)15(25-18(20)24)8-11-3-6-13(19)7-4-11/h2-9H,1H3,(H,22,23). The summed E-state index contributed by atoms with van der Waals surface area (Å²) in [6.07, 6.45) is 1.63. The van der Waals surface area contributed by atoms with E-state index in [-0.39, 0.29) is 17.3 Å². The molecule has 0 unspecified atom stereocenters. The molecule has 1 amide bonds. The monoisotopic (exact) mass is 373 g/mol. The van der Waals surface area contributed by atoms with E-state index in [1.165, 1.54) is 29.2 Å². The Kier molecular flexibility index (Phi) is 4.69. The van der Waals surface area contributed by atoms with Gasteiger partial charge in [0.05, 0.1) is 16.2 Å². The van der Waals surface area contributed by atoms with E-state index < -0.39 is 5.97 Å². The van der Waals surface area contributed by atoms with Gasteiger partial charge in [-0.25, -0.2) is 9.18 Å². The molecule has 4 nitrogen and oxygen atoms in total. The first-order valence-corrected chi connectivity index (χ1v) is 8.47. The molecule has 0 radical (unpaired) electrons. The second-order valence-corrected chi connectivity index (χ2v) is 7.05. The molecule has 7 heteroatoms. The van der Waals surface area contributed by atoms with Gasteiger partial charge in [-0.2, -0.15) is 0 Å². The minimum atomic E-state index is -1.08. The SMILES string of the molecule is Cc1ccc(C(=O)O)cc1N1C(=O)C(=Cc2ccc(F)cc2)SC1=S. The predicted octanol–water partition coefficient (Wildman–Crippen LogP) is 4.24. The number of carbonyl (C=O) groups excluding carboxylic acids is 1. The highest BCUT2D eigenvalue weighted by Gasteiger charge is 2.34. The van der Waals surface area contributed by atoms with Crippen molar-refractivity contribution in [3.8, 4) is 0 Å². The molecule has 1 aliphatic rings. The third kappa shape index (κ3) is 3.47. The number of aryl methyl sites for hydroxylation is 1. The number of carbonyl (C=O) groups is 2. The van der Waals surface area contributed by atoms with Gasteiger partial charge < -0.3 is 5.11 Å². The normalized spacial score (nSPS) is 15.9. The lowest BCUT2D eigenvalue weighted by molar-refractivity contribution is -0.113. The number of nitrogens with zero attached hydrogens (tertiary/aromatic N) is 1. The van der Waals surface area contributed by atoms with E-state index in [1.807, 2.05) is 0 Å². The Morgan fingerprint density at radius 1 is 1.24 bits per heavy atom. The zero-order valence-electron chi connectivity index (χ0n) is 13.0. The van der Waals surface area contributed by atoms with Crippen LogP contribution in [0.15, 0.2) is 47.4 Å². The third-order valence-corrected chi connectivity index (χ3v) is 4.96. The lowest BCUT2D eigenvalue weighted by Crippen LogP contribution is -2.28. The zero-order valence-corrected chi connectivity index (χ0v) is 14.7. The van der Waals surface area contributed by atoms with Crippen LogP contribution in [-0.2, 0) is 4.79 Å². The van der Waals surface area contributed by atoms with E-state index in [2.05, 4.69) is 0 Å². The molecule has 0 atom stereocenters. The van der Waals surface area contributed by atoms with Crippen LogP contribution in [-0.4, -0.2) is 21.3 Å². The summed E-state index contributed by atoms with van der Waals surface area (Å²) in [6, 6.07) is 10.3. The summed E-state index contributed by atoms with van der Waals surface area (Å²) in [6.45, 7) is 1.78. The van der Waals surface area contributed by atoms with Crippen molar-refractivity contribution in [3.05, 3.63) is 69.9 Å². The van der Waals surface area contributed by atoms with Gasteiger partial charge in [-0.15, -0.1) is 0 Å². The van der Waals surface area contributed by atoms with Crippen LogP contribution < -0.4 is 4.90 Å². The molecule has 0 spiro atoms. The first-order valence-electron chi connectivity index (χ1n) is 7.24. The molecule has 1 heterocycles. The summed E-state index contributed by atoms with van der Waals surface area (Å²) in [5.74, 6) is -1.76. The Morgan fingerprint density at radius 3 is 2.56 bits per heavy atom. The number of thiocarbonyl (C=S) groups is 1. The number of carboxylic acids is 1. The lowest BCUT2D eigenvalue weighted by Gasteiger charge is -2.17. The summed E-state index contributed by atoms with van der Waals surface area (Å²) in [4.78, 5) is 25.7. The van der Waals surface area contributed by atoms with Gasteiger partial charge in [0.25, 0.3) is 5.91 Å². The molecule has 0 saturated carbocycles. The van der Waals surface area contributed by atoms with Crippen LogP contribution in [0.1, 0.15) is 21.5 Å². The quantitative estimate of drug-likeness (QED) is 0.644. The summed E-state index contributed by atoms with van der Waals surface area (Å²) < 4.78 is 13.3. The number of anilines is 1. The Balaban J connectivity index is 1.98. The maximum absolute atomic E-state index is 13.0. The minimum absolute atomic E-state index is 0.0807. The highest BCUT2D eigenvalue weighted by Crippen LogP contribution is 2.37. The number of rotatable bonds is 3. The molecular weight excluding hydrogens is 361 g/mol. The molecule has 2 aromatic carbocycles. The second kappa shape index (κ2) is 6.78. The molecule has 1 aliphatic heterocycles. The first kappa shape index (κ1) is 17.3. The van der Waals surface area contributed by atoms with E-state index in [1.54, 1.807) is 31.2 Å². The van der Waals surface area contributed by atoms with Crippen LogP contribution in [0, 0.1) is 12.7 Å². The van der Waals surface area contributed by atoms with Gasteiger partial charge in [0.2, 0.25) is 0 Å². The van der Waals surface area contributed by atoms with Gasteiger partial charge in [0, 0.05) is 0 Å². The van der Waals surface area contributed by atoms with Crippen molar-refractivity contribution in [2.24, 2.45) is 0 Å². The first-order chi connectivity index (χ1) is 11.9. The van der Waals surface area contributed by atoms with E-state index in [0.717, 1.165) is 17.3 Å². The van der Waals surface area contributed by atoms with Gasteiger partial charge in [-0.05, 0) is 48.4 Å². The zero-order chi connectivity index (χ0) is 18.1. The summed E-state index contributed by atoms with van der Waals surface area (Å²) >= 11 is 6.43. The molecule has 0 aliphatic carbocycles. The van der Waals surface area contributed by atoms with E-state index in [4.69, 9.17) is 17.3 Å². The van der Waals surface area contributed by atoms with Crippen LogP contribution in [0.3, 0.4) is 0 Å². The van der Waals surface area contributed by atoms with Crippen molar-refractivity contribution in [2.45, 2.75) is 6.92 Å². The lowest BCUT2D eigenvalue weighted by atomic mass is 10.1. The van der Waals surface area contributed by atoms with Gasteiger partial charge in [0.1, 0.15) is 5.82 Å². The maximum atomic E-state index is 13.0. The van der Waals surface area contributed by atoms with Crippen molar-refractivity contribution < 1.29 is 19.1 Å². The number of hydrogen-bond donors (Lipinski definition) is 1. The summed E-state index contributed by atoms with van der Waals surface area (Å²) in [5.41, 5.74) is 1.95. The molecule has 1 fully saturated rings. The largest absolute Gasteiger partial charge is 0.478 e. The van der Waals surface area contributed by atoms with Crippen molar-refractivity contribution >= 4 is 51.9 Å². The Labute approximate surface area is 153 Å². The Morgan fingerprint density at radius 2 is 1.92 bits per heavy atom. The smallest absolute Gasteiger partial charge is 0.335 e. The molecule has 3 rings (SSSR count). The number of carboxylic acid groups (broad SMARTS) is 1. The van der Waals surface area contributed by atoms with Gasteiger partial charge in [0.15, 0.2) is 4.32 Å². The Hall–Kier alpha value is -2.51. The number of thioether (sulfide) groups is 1. The van der Waals surface area contributed by atoms with Crippen LogP contribution in [0.4, 0.5) is 10.1 Å². The second-order valence-electron chi connectivity index (χ2n) is 5.38. The van der Waals surface area contributed by atoms with Gasteiger partial charge in [-0.3, -0.25) is 9.69 Å². The number of halogens is 1. The molecule has 0 bridgehead atoms. The van der Waals surface area contributed by atoms with E-state index in [9.17, 15) is 14.0 Å². The third-order valence-electron chi connectivity index (χ3n) is 3.66. The Bertz CT molecular complexity index is 922. The molecule has 0 aromatic heterocycles. The fraction of sp³-hybridized carbons (Fsp3) is 0.0556. The van der Waals surface area contributed by atoms with Crippen molar-refractivity contribution in [3.63, 3.8) is 0 Å². The average Bonchev–Trinajstić information content (AvgIpc) is 2.84. The van der Waals surface area contributed by atoms with Gasteiger partial charge in [-0.1, -0.05) is 42.2 Å². The molecule has 25 heavy (non-hydrogen) atoms. The molecule has 2 aromatic rings. The van der Waals surface area contributed by atoms with Crippen LogP contribution in [0.2, 0.25) is 0 Å². The van der Waals surface area contributed by atoms with Crippen molar-refractivity contribution in [1.82, 2.24) is 0 Å². The van der Waals surface area contributed by atoms with E-state index in [0.29, 0.717) is 20.5 Å². The predicted molar refractivity (Wildman–Crippen MR) is 100 cm³/mol. The number of hydrogen-bond acceptors (Lipinski definition) is 4. The molecular formula is C18H12FNO3S2.